The second kappa shape index (κ2) is 8.05. The summed E-state index contributed by atoms with van der Waals surface area (Å²) in [6.45, 7) is 6.92. The molecule has 1 unspecified atom stereocenters. The molecule has 8 nitrogen and oxygen atoms in total. The normalized spacial score (nSPS) is 25.7. The van der Waals surface area contributed by atoms with Gasteiger partial charge in [0.1, 0.15) is 5.69 Å². The Morgan fingerprint density at radius 3 is 2.75 bits per heavy atom. The first kappa shape index (κ1) is 19.1. The van der Waals surface area contributed by atoms with Gasteiger partial charge in [0.2, 0.25) is 11.8 Å². The van der Waals surface area contributed by atoms with E-state index in [1.54, 1.807) is 23.1 Å². The van der Waals surface area contributed by atoms with Crippen molar-refractivity contribution in [2.24, 2.45) is 5.41 Å². The van der Waals surface area contributed by atoms with Crippen LogP contribution in [0.5, 0.6) is 5.88 Å². The zero-order chi connectivity index (χ0) is 19.6. The van der Waals surface area contributed by atoms with Gasteiger partial charge in [-0.25, -0.2) is 4.98 Å². The van der Waals surface area contributed by atoms with Gasteiger partial charge in [0.15, 0.2) is 0 Å². The number of ether oxygens (including phenoxy) is 2. The number of carbonyl (C=O) groups excluding carboxylic acids is 2. The number of rotatable bonds is 5. The fourth-order valence-corrected chi connectivity index (χ4v) is 4.43. The summed E-state index contributed by atoms with van der Waals surface area (Å²) >= 11 is 0. The summed E-state index contributed by atoms with van der Waals surface area (Å²) in [4.78, 5) is 36.3. The Balaban J connectivity index is 1.35. The molecule has 3 saturated heterocycles. The molecule has 0 bridgehead atoms. The van der Waals surface area contributed by atoms with Crippen LogP contribution >= 0.6 is 0 Å². The van der Waals surface area contributed by atoms with Gasteiger partial charge in [-0.1, -0.05) is 6.07 Å². The number of amides is 2. The van der Waals surface area contributed by atoms with Crippen molar-refractivity contribution >= 4 is 11.8 Å². The van der Waals surface area contributed by atoms with E-state index in [0.717, 1.165) is 58.8 Å². The number of pyridine rings is 1. The average molecular weight is 388 g/mol. The zero-order valence-electron chi connectivity index (χ0n) is 16.4. The van der Waals surface area contributed by atoms with Crippen LogP contribution in [0.4, 0.5) is 0 Å². The number of nitrogens with zero attached hydrogens (tertiary/aromatic N) is 4. The molecule has 8 heteroatoms. The summed E-state index contributed by atoms with van der Waals surface area (Å²) in [5.74, 6) is 0.496. The largest absolute Gasteiger partial charge is 0.481 e. The van der Waals surface area contributed by atoms with Gasteiger partial charge in [-0.2, -0.15) is 0 Å². The minimum absolute atomic E-state index is 0.129. The molecule has 3 fully saturated rings. The molecule has 0 saturated carbocycles. The number of likely N-dealkylation sites (tertiary alicyclic amines) is 2. The van der Waals surface area contributed by atoms with Crippen molar-refractivity contribution < 1.29 is 19.1 Å². The molecule has 1 aromatic heterocycles. The monoisotopic (exact) mass is 388 g/mol. The Hall–Kier alpha value is -2.19. The maximum atomic E-state index is 13.1. The second-order valence-electron chi connectivity index (χ2n) is 7.82. The summed E-state index contributed by atoms with van der Waals surface area (Å²) in [6.07, 6.45) is 1.56. The summed E-state index contributed by atoms with van der Waals surface area (Å²) in [5, 5.41) is 0. The molecule has 0 aliphatic carbocycles. The van der Waals surface area contributed by atoms with Crippen LogP contribution in [-0.2, 0) is 9.53 Å². The summed E-state index contributed by atoms with van der Waals surface area (Å²) in [7, 11) is 1.53. The number of aromatic nitrogens is 1. The Bertz CT molecular complexity index is 737. The van der Waals surface area contributed by atoms with Crippen LogP contribution in [0.3, 0.4) is 0 Å². The van der Waals surface area contributed by atoms with Crippen molar-refractivity contribution in [2.75, 3.05) is 66.1 Å². The minimum Gasteiger partial charge on any atom is -0.481 e. The van der Waals surface area contributed by atoms with Crippen molar-refractivity contribution in [3.05, 3.63) is 23.9 Å². The molecule has 4 rings (SSSR count). The zero-order valence-corrected chi connectivity index (χ0v) is 16.4. The molecule has 0 radical (unpaired) electrons. The molecule has 1 atom stereocenters. The first-order chi connectivity index (χ1) is 13.6. The molecule has 2 amide bonds. The van der Waals surface area contributed by atoms with Crippen LogP contribution in [-0.4, -0.2) is 97.6 Å². The lowest BCUT2D eigenvalue weighted by molar-refractivity contribution is -0.135. The van der Waals surface area contributed by atoms with E-state index in [1.165, 1.54) is 7.11 Å². The Kier molecular flexibility index (Phi) is 5.50. The van der Waals surface area contributed by atoms with E-state index in [-0.39, 0.29) is 11.8 Å². The third kappa shape index (κ3) is 3.71. The van der Waals surface area contributed by atoms with E-state index in [4.69, 9.17) is 9.47 Å². The second-order valence-corrected chi connectivity index (χ2v) is 7.82. The van der Waals surface area contributed by atoms with Gasteiger partial charge in [0, 0.05) is 51.9 Å². The molecule has 1 spiro atoms. The third-order valence-electron chi connectivity index (χ3n) is 6.18. The summed E-state index contributed by atoms with van der Waals surface area (Å²) in [6, 6.07) is 5.18. The molecular formula is C20H28N4O4. The highest BCUT2D eigenvalue weighted by molar-refractivity contribution is 5.94. The van der Waals surface area contributed by atoms with E-state index in [2.05, 4.69) is 9.88 Å². The lowest BCUT2D eigenvalue weighted by Gasteiger charge is -2.29. The van der Waals surface area contributed by atoms with Crippen molar-refractivity contribution in [1.29, 1.82) is 0 Å². The smallest absolute Gasteiger partial charge is 0.272 e. The molecule has 3 aliphatic rings. The Morgan fingerprint density at radius 2 is 1.96 bits per heavy atom. The van der Waals surface area contributed by atoms with Gasteiger partial charge in [-0.3, -0.25) is 14.5 Å². The van der Waals surface area contributed by atoms with Crippen LogP contribution < -0.4 is 4.74 Å². The van der Waals surface area contributed by atoms with E-state index in [0.29, 0.717) is 24.7 Å². The predicted octanol–water partition coefficient (Wildman–Crippen LogP) is 0.487. The molecule has 28 heavy (non-hydrogen) atoms. The molecular weight excluding hydrogens is 360 g/mol. The van der Waals surface area contributed by atoms with Crippen LogP contribution in [0.15, 0.2) is 18.2 Å². The van der Waals surface area contributed by atoms with Crippen LogP contribution in [0, 0.1) is 5.41 Å². The van der Waals surface area contributed by atoms with Gasteiger partial charge >= 0.3 is 0 Å². The van der Waals surface area contributed by atoms with E-state index < -0.39 is 5.41 Å². The van der Waals surface area contributed by atoms with Crippen molar-refractivity contribution in [1.82, 2.24) is 19.7 Å². The summed E-state index contributed by atoms with van der Waals surface area (Å²) < 4.78 is 10.5. The highest BCUT2D eigenvalue weighted by atomic mass is 16.5. The molecule has 1 aromatic rings. The molecule has 0 aromatic carbocycles. The molecule has 4 heterocycles. The SMILES string of the molecule is COc1cccc(C(=O)N2CCC3(CCN(CCN4CCOCC4)C3=O)C2)n1. The first-order valence-electron chi connectivity index (χ1n) is 10.0. The fraction of sp³-hybridized carbons (Fsp3) is 0.650. The van der Waals surface area contributed by atoms with Gasteiger partial charge in [0.05, 0.1) is 25.7 Å². The number of morpholine rings is 1. The van der Waals surface area contributed by atoms with Crippen LogP contribution in [0.2, 0.25) is 0 Å². The van der Waals surface area contributed by atoms with Crippen molar-refractivity contribution in [2.45, 2.75) is 12.8 Å². The van der Waals surface area contributed by atoms with Gasteiger partial charge in [-0.15, -0.1) is 0 Å². The number of methoxy groups -OCH3 is 1. The van der Waals surface area contributed by atoms with E-state index >= 15 is 0 Å². The quantitative estimate of drug-likeness (QED) is 0.731. The lowest BCUT2D eigenvalue weighted by Crippen LogP contribution is -2.44. The first-order valence-corrected chi connectivity index (χ1v) is 10.0. The Morgan fingerprint density at radius 1 is 1.18 bits per heavy atom. The van der Waals surface area contributed by atoms with E-state index in [1.807, 2.05) is 4.90 Å². The van der Waals surface area contributed by atoms with Crippen LogP contribution in [0.1, 0.15) is 23.3 Å². The minimum atomic E-state index is -0.417. The maximum Gasteiger partial charge on any atom is 0.272 e. The highest BCUT2D eigenvalue weighted by Crippen LogP contribution is 2.41. The number of carbonyl (C=O) groups is 2. The number of hydrogen-bond donors (Lipinski definition) is 0. The molecule has 3 aliphatic heterocycles. The summed E-state index contributed by atoms with van der Waals surface area (Å²) in [5.41, 5.74) is -0.0504. The Labute approximate surface area is 165 Å². The van der Waals surface area contributed by atoms with Gasteiger partial charge < -0.3 is 19.3 Å². The van der Waals surface area contributed by atoms with Crippen molar-refractivity contribution in [3.63, 3.8) is 0 Å². The van der Waals surface area contributed by atoms with Crippen LogP contribution in [0.25, 0.3) is 0 Å². The fourth-order valence-electron chi connectivity index (χ4n) is 4.43. The topological polar surface area (TPSA) is 75.2 Å². The predicted molar refractivity (Wildman–Crippen MR) is 102 cm³/mol. The standard InChI is InChI=1S/C20H28N4O4/c1-27-17-4-2-3-16(21-17)18(25)24-8-6-20(15-24)5-7-23(19(20)26)10-9-22-11-13-28-14-12-22/h2-4H,5-15H2,1H3. The van der Waals surface area contributed by atoms with Gasteiger partial charge in [-0.05, 0) is 18.9 Å². The van der Waals surface area contributed by atoms with Gasteiger partial charge in [0.25, 0.3) is 5.91 Å². The molecule has 0 N–H and O–H groups in total. The third-order valence-corrected chi connectivity index (χ3v) is 6.18. The lowest BCUT2D eigenvalue weighted by atomic mass is 9.85. The number of hydrogen-bond acceptors (Lipinski definition) is 6. The van der Waals surface area contributed by atoms with Crippen molar-refractivity contribution in [3.8, 4) is 5.88 Å². The molecule has 152 valence electrons. The average Bonchev–Trinajstić information content (AvgIpc) is 3.31. The highest BCUT2D eigenvalue weighted by Gasteiger charge is 2.51. The maximum absolute atomic E-state index is 13.1. The van der Waals surface area contributed by atoms with E-state index in [9.17, 15) is 9.59 Å².